The lowest BCUT2D eigenvalue weighted by molar-refractivity contribution is 0.191. The van der Waals surface area contributed by atoms with Gasteiger partial charge in [0.2, 0.25) is 0 Å². The second-order valence-corrected chi connectivity index (χ2v) is 6.28. The molecule has 0 aromatic heterocycles. The highest BCUT2D eigenvalue weighted by molar-refractivity contribution is 9.10. The Kier molecular flexibility index (Phi) is 5.25. The Morgan fingerprint density at radius 2 is 2.16 bits per heavy atom. The molecule has 0 radical (unpaired) electrons. The van der Waals surface area contributed by atoms with Crippen molar-refractivity contribution >= 4 is 21.6 Å². The molecule has 1 aromatic carbocycles. The summed E-state index contributed by atoms with van der Waals surface area (Å²) in [7, 11) is 2.02. The second-order valence-electron chi connectivity index (χ2n) is 5.37. The largest absolute Gasteiger partial charge is 0.368 e. The molecule has 1 heterocycles. The molecule has 0 amide bonds. The number of hydrogen-bond donors (Lipinski definition) is 1. The van der Waals surface area contributed by atoms with Crippen molar-refractivity contribution in [3.63, 3.8) is 0 Å². The number of likely N-dealkylation sites (N-methyl/N-ethyl adjacent to an activating group) is 1. The van der Waals surface area contributed by atoms with E-state index in [4.69, 9.17) is 0 Å². The molecule has 106 valence electrons. The third-order valence-electron chi connectivity index (χ3n) is 3.91. The fourth-order valence-electron chi connectivity index (χ4n) is 2.78. The van der Waals surface area contributed by atoms with E-state index in [1.165, 1.54) is 11.3 Å². The average Bonchev–Trinajstić information content (AvgIpc) is 2.37. The molecule has 3 nitrogen and oxygen atoms in total. The molecule has 1 aliphatic heterocycles. The molecule has 1 saturated heterocycles. The lowest BCUT2D eigenvalue weighted by Gasteiger charge is -2.41. The van der Waals surface area contributed by atoms with E-state index in [1.54, 1.807) is 0 Å². The topological polar surface area (TPSA) is 18.5 Å². The average molecular weight is 326 g/mol. The minimum atomic E-state index is 0.616. The van der Waals surface area contributed by atoms with Crippen molar-refractivity contribution in [2.75, 3.05) is 44.7 Å². The maximum Gasteiger partial charge on any atom is 0.0397 e. The van der Waals surface area contributed by atoms with E-state index in [1.807, 2.05) is 7.05 Å². The van der Waals surface area contributed by atoms with Gasteiger partial charge in [0.1, 0.15) is 0 Å². The van der Waals surface area contributed by atoms with Gasteiger partial charge in [-0.2, -0.15) is 0 Å². The minimum absolute atomic E-state index is 0.616. The van der Waals surface area contributed by atoms with Crippen LogP contribution in [0, 0.1) is 6.92 Å². The number of nitrogens with zero attached hydrogens (tertiary/aromatic N) is 2. The van der Waals surface area contributed by atoms with Crippen LogP contribution < -0.4 is 10.2 Å². The maximum absolute atomic E-state index is 3.54. The number of benzene rings is 1. The van der Waals surface area contributed by atoms with Crippen LogP contribution in [-0.4, -0.2) is 50.7 Å². The molecular formula is C15H24BrN3. The van der Waals surface area contributed by atoms with Crippen molar-refractivity contribution in [3.05, 3.63) is 28.2 Å². The summed E-state index contributed by atoms with van der Waals surface area (Å²) >= 11 is 3.54. The minimum Gasteiger partial charge on any atom is -0.368 e. The van der Waals surface area contributed by atoms with E-state index >= 15 is 0 Å². The standard InChI is InChI=1S/C15H24BrN3/c1-12-10-14(16)4-5-15(12)19-9-8-18(7-6-17-3)13(2)11-19/h4-5,10,13,17H,6-9,11H2,1-3H3. The Morgan fingerprint density at radius 1 is 1.37 bits per heavy atom. The Morgan fingerprint density at radius 3 is 2.79 bits per heavy atom. The second kappa shape index (κ2) is 6.73. The van der Waals surface area contributed by atoms with E-state index in [0.29, 0.717) is 6.04 Å². The van der Waals surface area contributed by atoms with E-state index < -0.39 is 0 Å². The summed E-state index contributed by atoms with van der Waals surface area (Å²) in [5.74, 6) is 0. The van der Waals surface area contributed by atoms with Gasteiger partial charge < -0.3 is 10.2 Å². The van der Waals surface area contributed by atoms with E-state index in [0.717, 1.165) is 37.2 Å². The zero-order valence-corrected chi connectivity index (χ0v) is 13.7. The SMILES string of the molecule is CNCCN1CCN(c2ccc(Br)cc2C)CC1C. The summed E-state index contributed by atoms with van der Waals surface area (Å²) in [6, 6.07) is 7.19. The molecular weight excluding hydrogens is 302 g/mol. The van der Waals surface area contributed by atoms with E-state index in [-0.39, 0.29) is 0 Å². The molecule has 1 aliphatic rings. The zero-order chi connectivity index (χ0) is 13.8. The first-order valence-corrected chi connectivity index (χ1v) is 7.81. The smallest absolute Gasteiger partial charge is 0.0397 e. The van der Waals surface area contributed by atoms with E-state index in [2.05, 4.69) is 63.1 Å². The first-order valence-electron chi connectivity index (χ1n) is 7.01. The van der Waals surface area contributed by atoms with Gasteiger partial charge >= 0.3 is 0 Å². The van der Waals surface area contributed by atoms with Crippen LogP contribution in [0.4, 0.5) is 5.69 Å². The summed E-state index contributed by atoms with van der Waals surface area (Å²) in [6.07, 6.45) is 0. The summed E-state index contributed by atoms with van der Waals surface area (Å²) in [6.45, 7) is 10.1. The van der Waals surface area contributed by atoms with Gasteiger partial charge in [0.15, 0.2) is 0 Å². The maximum atomic E-state index is 3.54. The van der Waals surface area contributed by atoms with Crippen LogP contribution >= 0.6 is 15.9 Å². The molecule has 2 rings (SSSR count). The summed E-state index contributed by atoms with van der Waals surface area (Å²) in [4.78, 5) is 5.09. The zero-order valence-electron chi connectivity index (χ0n) is 12.1. The monoisotopic (exact) mass is 325 g/mol. The number of rotatable bonds is 4. The highest BCUT2D eigenvalue weighted by Gasteiger charge is 2.23. The van der Waals surface area contributed by atoms with Crippen molar-refractivity contribution in [1.82, 2.24) is 10.2 Å². The van der Waals surface area contributed by atoms with Crippen molar-refractivity contribution < 1.29 is 0 Å². The van der Waals surface area contributed by atoms with Gasteiger partial charge in [-0.05, 0) is 44.7 Å². The van der Waals surface area contributed by atoms with Crippen molar-refractivity contribution in [3.8, 4) is 0 Å². The predicted octanol–water partition coefficient (Wildman–Crippen LogP) is 2.49. The van der Waals surface area contributed by atoms with Crippen LogP contribution in [0.5, 0.6) is 0 Å². The lowest BCUT2D eigenvalue weighted by atomic mass is 10.1. The molecule has 19 heavy (non-hydrogen) atoms. The summed E-state index contributed by atoms with van der Waals surface area (Å²) in [5.41, 5.74) is 2.73. The van der Waals surface area contributed by atoms with Crippen LogP contribution in [0.25, 0.3) is 0 Å². The van der Waals surface area contributed by atoms with Gasteiger partial charge in [-0.1, -0.05) is 15.9 Å². The first kappa shape index (κ1) is 14.8. The number of hydrogen-bond acceptors (Lipinski definition) is 3. The molecule has 1 atom stereocenters. The van der Waals surface area contributed by atoms with Crippen molar-refractivity contribution in [1.29, 1.82) is 0 Å². The normalized spacial score (nSPS) is 20.8. The molecule has 1 aromatic rings. The van der Waals surface area contributed by atoms with Gasteiger partial charge in [0, 0.05) is 48.9 Å². The molecule has 4 heteroatoms. The number of anilines is 1. The van der Waals surface area contributed by atoms with Crippen LogP contribution in [0.2, 0.25) is 0 Å². The van der Waals surface area contributed by atoms with Crippen molar-refractivity contribution in [2.24, 2.45) is 0 Å². The Hall–Kier alpha value is -0.580. The van der Waals surface area contributed by atoms with Gasteiger partial charge in [-0.3, -0.25) is 4.90 Å². The van der Waals surface area contributed by atoms with Gasteiger partial charge in [0.25, 0.3) is 0 Å². The first-order chi connectivity index (χ1) is 9.11. The molecule has 1 N–H and O–H groups in total. The van der Waals surface area contributed by atoms with Gasteiger partial charge in [0.05, 0.1) is 0 Å². The quantitative estimate of drug-likeness (QED) is 0.917. The molecule has 0 saturated carbocycles. The number of aryl methyl sites for hydroxylation is 1. The molecule has 0 spiro atoms. The molecule has 1 unspecified atom stereocenters. The van der Waals surface area contributed by atoms with Gasteiger partial charge in [-0.25, -0.2) is 0 Å². The van der Waals surface area contributed by atoms with Crippen LogP contribution in [0.3, 0.4) is 0 Å². The van der Waals surface area contributed by atoms with Crippen molar-refractivity contribution in [2.45, 2.75) is 19.9 Å². The van der Waals surface area contributed by atoms with E-state index in [9.17, 15) is 0 Å². The predicted molar refractivity (Wildman–Crippen MR) is 86.1 cm³/mol. The molecule has 1 fully saturated rings. The number of nitrogens with one attached hydrogen (secondary N) is 1. The highest BCUT2D eigenvalue weighted by atomic mass is 79.9. The third-order valence-corrected chi connectivity index (χ3v) is 4.41. The van der Waals surface area contributed by atoms with Crippen LogP contribution in [0.1, 0.15) is 12.5 Å². The Labute approximate surface area is 125 Å². The molecule has 0 bridgehead atoms. The molecule has 0 aliphatic carbocycles. The number of piperazine rings is 1. The van der Waals surface area contributed by atoms with Crippen LogP contribution in [-0.2, 0) is 0 Å². The number of halogens is 1. The summed E-state index contributed by atoms with van der Waals surface area (Å²) < 4.78 is 1.16. The summed E-state index contributed by atoms with van der Waals surface area (Å²) in [5, 5.41) is 3.23. The third kappa shape index (κ3) is 3.71. The Bertz CT molecular complexity index is 422. The Balaban J connectivity index is 2.01. The fraction of sp³-hybridized carbons (Fsp3) is 0.600. The van der Waals surface area contributed by atoms with Gasteiger partial charge in [-0.15, -0.1) is 0 Å². The fourth-order valence-corrected chi connectivity index (χ4v) is 3.25. The lowest BCUT2D eigenvalue weighted by Crippen LogP contribution is -2.53. The van der Waals surface area contributed by atoms with Crippen LogP contribution in [0.15, 0.2) is 22.7 Å². The highest BCUT2D eigenvalue weighted by Crippen LogP contribution is 2.25.